The van der Waals surface area contributed by atoms with Crippen LogP contribution < -0.4 is 78.4 Å². The summed E-state index contributed by atoms with van der Waals surface area (Å²) in [5, 5.41) is 163. The molecule has 0 saturated carbocycles. The van der Waals surface area contributed by atoms with Gasteiger partial charge >= 0.3 is 6.18 Å². The minimum Gasteiger partial charge on any atom is -0.508 e. The smallest absolute Gasteiger partial charge is 0.416 e. The Hall–Kier alpha value is -11.4. The largest absolute Gasteiger partial charge is 0.508 e. The molecular formula is C88H101Cl2F3N12O28. The van der Waals surface area contributed by atoms with Gasteiger partial charge in [0.2, 0.25) is 53.4 Å². The molecule has 8 aliphatic heterocycles. The lowest BCUT2D eigenvalue weighted by Crippen LogP contribution is -2.65. The summed E-state index contributed by atoms with van der Waals surface area (Å²) in [6.07, 6.45) is -37.0. The summed E-state index contributed by atoms with van der Waals surface area (Å²) in [6.45, 7) is 4.96. The maximum absolute atomic E-state index is 16.4. The fraction of sp³-hybridized carbons (Fsp3) is 0.432. The van der Waals surface area contributed by atoms with E-state index in [0.29, 0.717) is 11.6 Å². The van der Waals surface area contributed by atoms with E-state index in [1.165, 1.54) is 76.3 Å². The van der Waals surface area contributed by atoms with Gasteiger partial charge in [0.1, 0.15) is 120 Å². The van der Waals surface area contributed by atoms with Crippen LogP contribution in [0.5, 0.6) is 46.0 Å². The summed E-state index contributed by atoms with van der Waals surface area (Å²) in [5.74, 6) is -15.5. The number of benzene rings is 7. The number of anilines is 2. The highest BCUT2D eigenvalue weighted by molar-refractivity contribution is 6.32. The van der Waals surface area contributed by atoms with Crippen LogP contribution in [0.15, 0.2) is 121 Å². The number of aromatic hydroxyl groups is 3. The Balaban J connectivity index is 0.915. The number of primary amides is 1. The van der Waals surface area contributed by atoms with E-state index in [9.17, 15) is 88.8 Å². The number of aliphatic hydroxyl groups is 9. The zero-order valence-electron chi connectivity index (χ0n) is 72.0. The summed E-state index contributed by atoms with van der Waals surface area (Å²) in [7, 11) is 4.47. The Bertz CT molecular complexity index is 5550. The van der Waals surface area contributed by atoms with E-state index in [0.717, 1.165) is 72.8 Å². The van der Waals surface area contributed by atoms with Gasteiger partial charge in [0.15, 0.2) is 30.3 Å². The van der Waals surface area contributed by atoms with Crippen LogP contribution in [-0.2, 0) is 70.0 Å². The fourth-order valence-corrected chi connectivity index (χ4v) is 16.7. The highest BCUT2D eigenvalue weighted by atomic mass is 35.5. The lowest BCUT2D eigenvalue weighted by Gasteiger charge is -2.46. The van der Waals surface area contributed by atoms with Crippen molar-refractivity contribution in [3.8, 4) is 57.1 Å². The molecule has 45 heteroatoms. The Morgan fingerprint density at radius 2 is 1.31 bits per heavy atom. The van der Waals surface area contributed by atoms with Crippen LogP contribution in [0.2, 0.25) is 10.0 Å². The van der Waals surface area contributed by atoms with Crippen molar-refractivity contribution in [1.82, 2.24) is 42.5 Å². The topological polar surface area (TPSA) is 617 Å². The zero-order chi connectivity index (χ0) is 96.6. The summed E-state index contributed by atoms with van der Waals surface area (Å²) < 4.78 is 92.9. The molecule has 8 aliphatic rings. The molecule has 3 unspecified atom stereocenters. The molecule has 3 saturated heterocycles. The molecule has 25 N–H and O–H groups in total. The molecule has 23 atom stereocenters. The molecule has 40 nitrogen and oxygen atoms in total. The van der Waals surface area contributed by atoms with Crippen molar-refractivity contribution in [3.63, 3.8) is 0 Å². The first-order chi connectivity index (χ1) is 62.8. The number of ether oxygens (including phenoxy) is 8. The fourth-order valence-electron chi connectivity index (χ4n) is 16.3. The summed E-state index contributed by atoms with van der Waals surface area (Å²) in [5.41, 5.74) is 7.72. The minimum atomic E-state index is -4.78. The van der Waals surface area contributed by atoms with Crippen LogP contribution in [0.3, 0.4) is 0 Å². The molecule has 3 fully saturated rings. The second-order valence-corrected chi connectivity index (χ2v) is 34.7. The Labute approximate surface area is 766 Å². The summed E-state index contributed by atoms with van der Waals surface area (Å²) in [4.78, 5) is 121. The predicted molar refractivity (Wildman–Crippen MR) is 461 cm³/mol. The van der Waals surface area contributed by atoms with Crippen LogP contribution in [0, 0.1) is 5.92 Å². The number of rotatable bonds is 21. The number of nitrogens with two attached hydrogens (primary N) is 2. The van der Waals surface area contributed by atoms with Gasteiger partial charge in [0.25, 0.3) is 5.91 Å². The second-order valence-electron chi connectivity index (χ2n) is 33.9. The maximum Gasteiger partial charge on any atom is 0.416 e. The standard InChI is InChI=1S/C88H101Cl2F3N12O28/c1-34(2)17-50(96-5)79(120)102-65-67(111)38-12-15-54(48(89)22-38)127-56-24-40-25-57(74(56)132-86-72(116)70(114)75(59(33-106)130-86)133-85-71(115)69(113)68(112)58(129-85)32-97-31-36-9-8-10-43(18-36)98-77(118)41-19-42(88(91,92)93)26-44(20-41)105(6)7)128-55-16-13-39(23-49(55)90)73(131-61-30-87(4,95)76(117)35(3)126-61)66-84(125)104-78(119)47-27-45(107)28-53(109)62(47)46-21-37(11-14-52(46)108)63(81(122)103-66)101-82(123)64(40)100-80(121)51(29-60(94)110)99-83(65)124/h8-16,18-28,34-35,50-51,58-59,61,63-73,75-76,78,85-86,96-97,106-109,111-117,119H,17,29-33,95H2,1-7H3,(H2,94,110)(H,98,118)(H,99,124)(H,100,121)(H,101,123)(H,102,120)(H,103,122)(H,104,125)/t35-,50+,51?,58+,59+,61-,63?,64+,65?,66-,67+,68-,69-,70+,71+,72+,73+,75+,76-,78-,85-,86-,87-/m0/s1. The molecule has 0 spiro atoms. The number of fused-ring (bicyclic) bond motifs is 15. The Morgan fingerprint density at radius 1 is 0.669 bits per heavy atom. The first-order valence-electron chi connectivity index (χ1n) is 41.9. The van der Waals surface area contributed by atoms with E-state index < -0.39 is 290 Å². The first kappa shape index (κ1) is 99.1. The monoisotopic (exact) mass is 1900 g/mol. The third-order valence-corrected chi connectivity index (χ3v) is 23.9. The molecular weight excluding hydrogens is 1800 g/mol. The number of nitrogens with zero attached hydrogens (tertiary/aromatic N) is 1. The van der Waals surface area contributed by atoms with Crippen LogP contribution in [0.25, 0.3) is 11.1 Å². The van der Waals surface area contributed by atoms with Crippen molar-refractivity contribution in [1.29, 1.82) is 0 Å². The second kappa shape index (κ2) is 40.8. The number of halogens is 5. The third-order valence-electron chi connectivity index (χ3n) is 23.3. The number of phenols is 3. The minimum absolute atomic E-state index is 0.0631. The number of hydrogen-bond acceptors (Lipinski definition) is 32. The molecule has 8 heterocycles. The van der Waals surface area contributed by atoms with Gasteiger partial charge in [-0.25, -0.2) is 0 Å². The number of hydrogen-bond donors (Lipinski definition) is 23. The summed E-state index contributed by atoms with van der Waals surface area (Å²) >= 11 is 14.5. The average molecular weight is 1900 g/mol. The highest BCUT2D eigenvalue weighted by Gasteiger charge is 2.53. The van der Waals surface area contributed by atoms with E-state index >= 15 is 24.0 Å². The third kappa shape index (κ3) is 22.2. The predicted octanol–water partition coefficient (Wildman–Crippen LogP) is 1.93. The quantitative estimate of drug-likeness (QED) is 0.0489. The van der Waals surface area contributed by atoms with Gasteiger partial charge in [-0.05, 0) is 146 Å². The van der Waals surface area contributed by atoms with Gasteiger partial charge in [-0.15, -0.1) is 0 Å². The van der Waals surface area contributed by atoms with Crippen molar-refractivity contribution in [2.24, 2.45) is 17.4 Å². The maximum atomic E-state index is 16.4. The molecule has 0 radical (unpaired) electrons. The van der Waals surface area contributed by atoms with E-state index in [4.69, 9.17) is 72.6 Å². The van der Waals surface area contributed by atoms with Gasteiger partial charge in [-0.2, -0.15) is 13.2 Å². The van der Waals surface area contributed by atoms with Gasteiger partial charge in [0.05, 0.1) is 46.9 Å². The van der Waals surface area contributed by atoms with Crippen molar-refractivity contribution in [2.75, 3.05) is 44.5 Å². The molecule has 15 rings (SSSR count). The van der Waals surface area contributed by atoms with Crippen LogP contribution >= 0.6 is 23.2 Å². The SMILES string of the molecule is CN[C@H](CC(C)C)C(=O)NC1C(=O)NC(CC(N)=O)C(=O)N[C@H]2C(=O)NC3C(=O)N[C@H](C(=O)N[C@@H](O)c4cc(O)cc(O)c4-c4cc3ccc4O)[C@H](O[C@H]3C[C@](C)(N)[C@@H](O)[C@H](C)O3)c3ccc(c(Cl)c3)Oc3cc2cc(c3O[C@@H]2O[C@H](CO)[C@@H](O[C@@H]3O[C@H](CNCc4cccc(NC(=O)c5cc(N(C)C)cc(C(F)(F)F)c5)c4)[C@H](O)[C@H](O)[C@H]3O)[C@H](O)[C@H]2O)Oc2ccc(cc2Cl)[C@H]1O. The van der Waals surface area contributed by atoms with E-state index in [1.54, 1.807) is 19.9 Å². The normalized spacial score (nSPS) is 28.8. The number of amides is 8. The van der Waals surface area contributed by atoms with E-state index in [-0.39, 0.29) is 65.5 Å². The number of nitrogens with one attached hydrogen (secondary N) is 9. The Morgan fingerprint density at radius 3 is 1.95 bits per heavy atom. The highest BCUT2D eigenvalue weighted by Crippen LogP contribution is 2.51. The lowest BCUT2D eigenvalue weighted by atomic mass is 9.86. The molecule has 8 amide bonds. The van der Waals surface area contributed by atoms with Crippen molar-refractivity contribution in [2.45, 2.75) is 200 Å². The molecule has 7 aromatic rings. The number of likely N-dealkylation sites (N-methyl/N-ethyl adjacent to an activating group) is 1. The van der Waals surface area contributed by atoms with Crippen LogP contribution in [-0.4, -0.2) is 252 Å². The number of carbonyl (C=O) groups is 8. The van der Waals surface area contributed by atoms with Crippen LogP contribution in [0.4, 0.5) is 24.5 Å². The summed E-state index contributed by atoms with van der Waals surface area (Å²) in [6, 6.07) is 10.6. The molecule has 0 aromatic heterocycles. The van der Waals surface area contributed by atoms with Crippen molar-refractivity contribution in [3.05, 3.63) is 176 Å². The van der Waals surface area contributed by atoms with Gasteiger partial charge in [0, 0.05) is 78.8 Å². The van der Waals surface area contributed by atoms with Gasteiger partial charge in [-0.3, -0.25) is 38.4 Å². The van der Waals surface area contributed by atoms with Crippen molar-refractivity contribution >= 4 is 81.8 Å². The Kier molecular flexibility index (Phi) is 30.4. The van der Waals surface area contributed by atoms with Crippen molar-refractivity contribution < 1.29 is 151 Å². The molecule has 0 aliphatic carbocycles. The molecule has 7 aromatic carbocycles. The molecule has 133 heavy (non-hydrogen) atoms. The number of phenolic OH excluding ortho intramolecular Hbond substituents is 3. The number of alkyl halides is 3. The average Bonchev–Trinajstić information content (AvgIpc) is 0.847. The number of carbonyl (C=O) groups excluding carboxylic acids is 8. The lowest BCUT2D eigenvalue weighted by molar-refractivity contribution is -0.350. The first-order valence-corrected chi connectivity index (χ1v) is 42.6. The van der Waals surface area contributed by atoms with Gasteiger partial charge < -0.3 is 163 Å². The van der Waals surface area contributed by atoms with Crippen LogP contribution in [0.1, 0.15) is 127 Å². The zero-order valence-corrected chi connectivity index (χ0v) is 73.5. The molecule has 11 bridgehead atoms. The van der Waals surface area contributed by atoms with Gasteiger partial charge in [-0.1, -0.05) is 67.4 Å². The molecule has 716 valence electrons. The van der Waals surface area contributed by atoms with E-state index in [2.05, 4.69) is 47.9 Å². The van der Waals surface area contributed by atoms with E-state index in [1.807, 2.05) is 0 Å². The number of aliphatic hydroxyl groups excluding tert-OH is 9.